The van der Waals surface area contributed by atoms with Gasteiger partial charge in [0.25, 0.3) is 0 Å². The summed E-state index contributed by atoms with van der Waals surface area (Å²) in [7, 11) is 0. The van der Waals surface area contributed by atoms with Crippen molar-refractivity contribution in [1.82, 2.24) is 0 Å². The zero-order chi connectivity index (χ0) is 8.93. The highest BCUT2D eigenvalue weighted by molar-refractivity contribution is 5.87. The van der Waals surface area contributed by atoms with Crippen molar-refractivity contribution in [1.29, 1.82) is 0 Å². The lowest BCUT2D eigenvalue weighted by Crippen LogP contribution is -2.30. The molecule has 0 aromatic carbocycles. The van der Waals surface area contributed by atoms with Gasteiger partial charge in [-0.25, -0.2) is 0 Å². The Labute approximate surface area is 73.8 Å². The second kappa shape index (κ2) is 2.21. The van der Waals surface area contributed by atoms with E-state index in [4.69, 9.17) is 0 Å². The maximum atomic E-state index is 11.6. The Bertz CT molecular complexity index is 260. The largest absolute Gasteiger partial charge is 0.299 e. The first-order valence-electron chi connectivity index (χ1n) is 4.73. The van der Waals surface area contributed by atoms with E-state index in [1.54, 1.807) is 0 Å². The minimum absolute atomic E-state index is 0.232. The van der Waals surface area contributed by atoms with E-state index in [-0.39, 0.29) is 11.3 Å². The van der Waals surface area contributed by atoms with Crippen molar-refractivity contribution in [3.05, 3.63) is 11.6 Å². The number of fused-ring (bicyclic) bond motifs is 2. The Morgan fingerprint density at radius 3 is 2.75 bits per heavy atom. The molecule has 0 aromatic rings. The number of carbonyl (C=O) groups excluding carboxylic acids is 1. The highest BCUT2D eigenvalue weighted by Crippen LogP contribution is 2.52. The molecule has 12 heavy (non-hydrogen) atoms. The van der Waals surface area contributed by atoms with Crippen molar-refractivity contribution < 1.29 is 4.79 Å². The maximum absolute atomic E-state index is 11.6. The van der Waals surface area contributed by atoms with Crippen molar-refractivity contribution in [2.75, 3.05) is 0 Å². The Morgan fingerprint density at radius 2 is 2.17 bits per heavy atom. The SMILES string of the molecule is CC1=CCC2CC(=O)C1C2(C)C. The number of rotatable bonds is 0. The Kier molecular flexibility index (Phi) is 1.48. The smallest absolute Gasteiger partial charge is 0.140 e. The molecule has 2 rings (SSSR count). The Balaban J connectivity index is 2.46. The van der Waals surface area contributed by atoms with Gasteiger partial charge < -0.3 is 0 Å². The van der Waals surface area contributed by atoms with Gasteiger partial charge in [-0.3, -0.25) is 4.79 Å². The average Bonchev–Trinajstić information content (AvgIpc) is 2.12. The van der Waals surface area contributed by atoms with Crippen LogP contribution in [0.2, 0.25) is 0 Å². The van der Waals surface area contributed by atoms with Crippen molar-refractivity contribution in [3.8, 4) is 0 Å². The summed E-state index contributed by atoms with van der Waals surface area (Å²) in [5, 5.41) is 0. The van der Waals surface area contributed by atoms with E-state index in [9.17, 15) is 4.79 Å². The fraction of sp³-hybridized carbons (Fsp3) is 0.727. The molecule has 0 spiro atoms. The molecule has 2 aliphatic carbocycles. The minimum Gasteiger partial charge on any atom is -0.299 e. The van der Waals surface area contributed by atoms with Crippen molar-refractivity contribution >= 4 is 5.78 Å². The van der Waals surface area contributed by atoms with E-state index in [1.165, 1.54) is 5.57 Å². The van der Waals surface area contributed by atoms with Crippen LogP contribution in [0.1, 0.15) is 33.6 Å². The van der Waals surface area contributed by atoms with Crippen LogP contribution >= 0.6 is 0 Å². The van der Waals surface area contributed by atoms with Crippen molar-refractivity contribution in [2.45, 2.75) is 33.6 Å². The van der Waals surface area contributed by atoms with Crippen LogP contribution in [0.5, 0.6) is 0 Å². The van der Waals surface area contributed by atoms with Gasteiger partial charge in [0, 0.05) is 12.3 Å². The van der Waals surface area contributed by atoms with Gasteiger partial charge in [0.05, 0.1) is 0 Å². The van der Waals surface area contributed by atoms with Crippen LogP contribution < -0.4 is 0 Å². The van der Waals surface area contributed by atoms with Gasteiger partial charge in [0.2, 0.25) is 0 Å². The monoisotopic (exact) mass is 164 g/mol. The molecular formula is C11H16O. The topological polar surface area (TPSA) is 17.1 Å². The van der Waals surface area contributed by atoms with Crippen LogP contribution in [0.25, 0.3) is 0 Å². The standard InChI is InChI=1S/C11H16O/c1-7-4-5-8-6-9(12)10(7)11(8,2)3/h4,8,10H,5-6H2,1-3H3. The molecule has 2 bridgehead atoms. The van der Waals surface area contributed by atoms with Crippen LogP contribution in [-0.2, 0) is 4.79 Å². The maximum Gasteiger partial charge on any atom is 0.140 e. The lowest BCUT2D eigenvalue weighted by atomic mass is 9.68. The predicted molar refractivity (Wildman–Crippen MR) is 48.8 cm³/mol. The summed E-state index contributed by atoms with van der Waals surface area (Å²) < 4.78 is 0. The van der Waals surface area contributed by atoms with E-state index in [2.05, 4.69) is 26.8 Å². The third-order valence-corrected chi connectivity index (χ3v) is 3.75. The number of carbonyl (C=O) groups is 1. The van der Waals surface area contributed by atoms with Crippen LogP contribution in [0.3, 0.4) is 0 Å². The second-order valence-corrected chi connectivity index (χ2v) is 4.81. The molecule has 0 aliphatic heterocycles. The van der Waals surface area contributed by atoms with Crippen molar-refractivity contribution in [2.24, 2.45) is 17.3 Å². The molecule has 1 nitrogen and oxygen atoms in total. The molecule has 0 heterocycles. The number of allylic oxidation sites excluding steroid dienone is 2. The van der Waals surface area contributed by atoms with Gasteiger partial charge in [-0.2, -0.15) is 0 Å². The van der Waals surface area contributed by atoms with Crippen LogP contribution in [0, 0.1) is 17.3 Å². The van der Waals surface area contributed by atoms with Crippen molar-refractivity contribution in [3.63, 3.8) is 0 Å². The summed E-state index contributed by atoms with van der Waals surface area (Å²) in [6.07, 6.45) is 4.18. The Morgan fingerprint density at radius 1 is 1.50 bits per heavy atom. The summed E-state index contributed by atoms with van der Waals surface area (Å²) in [6.45, 7) is 6.58. The summed E-state index contributed by atoms with van der Waals surface area (Å²) in [4.78, 5) is 11.6. The first-order chi connectivity index (χ1) is 5.53. The first-order valence-corrected chi connectivity index (χ1v) is 4.73. The quantitative estimate of drug-likeness (QED) is 0.503. The van der Waals surface area contributed by atoms with Gasteiger partial charge in [-0.1, -0.05) is 25.5 Å². The molecule has 2 aliphatic rings. The molecule has 0 radical (unpaired) electrons. The lowest BCUT2D eigenvalue weighted by Gasteiger charge is -2.35. The number of ketones is 1. The number of hydrogen-bond acceptors (Lipinski definition) is 1. The molecule has 0 aromatic heterocycles. The third-order valence-electron chi connectivity index (χ3n) is 3.75. The van der Waals surface area contributed by atoms with Gasteiger partial charge in [-0.15, -0.1) is 0 Å². The zero-order valence-electron chi connectivity index (χ0n) is 8.05. The fourth-order valence-corrected chi connectivity index (χ4v) is 2.95. The van der Waals surface area contributed by atoms with Gasteiger partial charge in [0.1, 0.15) is 5.78 Å². The first kappa shape index (κ1) is 8.03. The molecule has 1 heteroatoms. The zero-order valence-corrected chi connectivity index (χ0v) is 8.05. The highest BCUT2D eigenvalue weighted by Gasteiger charge is 2.50. The summed E-state index contributed by atoms with van der Waals surface area (Å²) in [5.74, 6) is 1.31. The molecule has 2 unspecified atom stereocenters. The van der Waals surface area contributed by atoms with Crippen LogP contribution in [0.4, 0.5) is 0 Å². The van der Waals surface area contributed by atoms with E-state index < -0.39 is 0 Å². The molecule has 1 saturated carbocycles. The summed E-state index contributed by atoms with van der Waals surface area (Å²) in [6, 6.07) is 0. The Hall–Kier alpha value is -0.590. The van der Waals surface area contributed by atoms with E-state index in [0.717, 1.165) is 12.8 Å². The van der Waals surface area contributed by atoms with Gasteiger partial charge >= 0.3 is 0 Å². The fourth-order valence-electron chi connectivity index (χ4n) is 2.95. The molecule has 0 N–H and O–H groups in total. The van der Waals surface area contributed by atoms with Gasteiger partial charge in [-0.05, 0) is 24.7 Å². The number of hydrogen-bond donors (Lipinski definition) is 0. The van der Waals surface area contributed by atoms with E-state index in [1.807, 2.05) is 0 Å². The van der Waals surface area contributed by atoms with E-state index in [0.29, 0.717) is 11.7 Å². The normalized spacial score (nSPS) is 38.2. The molecule has 1 fully saturated rings. The third kappa shape index (κ3) is 0.825. The highest BCUT2D eigenvalue weighted by atomic mass is 16.1. The van der Waals surface area contributed by atoms with Crippen LogP contribution in [0.15, 0.2) is 11.6 Å². The second-order valence-electron chi connectivity index (χ2n) is 4.81. The van der Waals surface area contributed by atoms with Gasteiger partial charge in [0.15, 0.2) is 0 Å². The number of Topliss-reactive ketones (excluding diaryl/α,β-unsaturated/α-hetero) is 1. The molecular weight excluding hydrogens is 148 g/mol. The molecule has 0 saturated heterocycles. The predicted octanol–water partition coefficient (Wildman–Crippen LogP) is 2.57. The van der Waals surface area contributed by atoms with E-state index >= 15 is 0 Å². The molecule has 66 valence electrons. The average molecular weight is 164 g/mol. The lowest BCUT2D eigenvalue weighted by molar-refractivity contribution is -0.120. The van der Waals surface area contributed by atoms with Crippen LogP contribution in [-0.4, -0.2) is 5.78 Å². The minimum atomic E-state index is 0.232. The summed E-state index contributed by atoms with van der Waals surface area (Å²) in [5.41, 5.74) is 1.54. The molecule has 0 amide bonds. The molecule has 2 atom stereocenters. The summed E-state index contributed by atoms with van der Waals surface area (Å²) >= 11 is 0.